The highest BCUT2D eigenvalue weighted by molar-refractivity contribution is 5.97. The van der Waals surface area contributed by atoms with Crippen molar-refractivity contribution in [2.75, 3.05) is 19.6 Å². The van der Waals surface area contributed by atoms with Crippen LogP contribution in [0.1, 0.15) is 26.2 Å². The minimum absolute atomic E-state index is 0.0643. The zero-order valence-corrected chi connectivity index (χ0v) is 10.7. The molecule has 0 aromatic heterocycles. The SMILES string of the molecule is CCCCNC(=O)/C(C#N)=C\NCCCNC=O. The number of nitrogens with zero attached hydrogens (tertiary/aromatic N) is 1. The topological polar surface area (TPSA) is 94.0 Å². The Morgan fingerprint density at radius 1 is 1.22 bits per heavy atom. The van der Waals surface area contributed by atoms with Crippen molar-refractivity contribution in [1.29, 1.82) is 5.26 Å². The first-order chi connectivity index (χ1) is 8.76. The summed E-state index contributed by atoms with van der Waals surface area (Å²) >= 11 is 0. The Labute approximate surface area is 107 Å². The van der Waals surface area contributed by atoms with Crippen LogP contribution in [0.25, 0.3) is 0 Å². The van der Waals surface area contributed by atoms with Crippen molar-refractivity contribution in [2.45, 2.75) is 26.2 Å². The van der Waals surface area contributed by atoms with Gasteiger partial charge in [0.15, 0.2) is 0 Å². The Balaban J connectivity index is 3.88. The van der Waals surface area contributed by atoms with Crippen molar-refractivity contribution < 1.29 is 9.59 Å². The smallest absolute Gasteiger partial charge is 0.263 e. The molecule has 0 atom stereocenters. The van der Waals surface area contributed by atoms with Crippen LogP contribution >= 0.6 is 0 Å². The Morgan fingerprint density at radius 3 is 2.56 bits per heavy atom. The van der Waals surface area contributed by atoms with Crippen LogP contribution in [0.2, 0.25) is 0 Å². The molecule has 0 bridgehead atoms. The highest BCUT2D eigenvalue weighted by atomic mass is 16.1. The van der Waals surface area contributed by atoms with Gasteiger partial charge in [-0.3, -0.25) is 9.59 Å². The molecule has 0 rings (SSSR count). The van der Waals surface area contributed by atoms with Gasteiger partial charge in [0.1, 0.15) is 11.6 Å². The lowest BCUT2D eigenvalue weighted by atomic mass is 10.2. The summed E-state index contributed by atoms with van der Waals surface area (Å²) in [4.78, 5) is 21.5. The summed E-state index contributed by atoms with van der Waals surface area (Å²) in [6.45, 7) is 3.77. The van der Waals surface area contributed by atoms with Crippen LogP contribution in [0.3, 0.4) is 0 Å². The minimum Gasteiger partial charge on any atom is -0.390 e. The van der Waals surface area contributed by atoms with E-state index in [1.54, 1.807) is 0 Å². The maximum absolute atomic E-state index is 11.5. The van der Waals surface area contributed by atoms with E-state index < -0.39 is 0 Å². The van der Waals surface area contributed by atoms with E-state index in [1.807, 2.05) is 13.0 Å². The lowest BCUT2D eigenvalue weighted by Crippen LogP contribution is -2.27. The van der Waals surface area contributed by atoms with Crippen molar-refractivity contribution in [3.63, 3.8) is 0 Å². The number of carbonyl (C=O) groups is 2. The van der Waals surface area contributed by atoms with Gasteiger partial charge in [-0.25, -0.2) is 0 Å². The molecule has 0 saturated heterocycles. The summed E-state index contributed by atoms with van der Waals surface area (Å²) in [6, 6.07) is 1.85. The highest BCUT2D eigenvalue weighted by Gasteiger charge is 2.06. The summed E-state index contributed by atoms with van der Waals surface area (Å²) in [7, 11) is 0. The molecular formula is C12H20N4O2. The molecule has 6 heteroatoms. The number of hydrogen-bond acceptors (Lipinski definition) is 4. The van der Waals surface area contributed by atoms with E-state index in [1.165, 1.54) is 6.20 Å². The van der Waals surface area contributed by atoms with E-state index in [4.69, 9.17) is 5.26 Å². The summed E-state index contributed by atoms with van der Waals surface area (Å²) in [5.74, 6) is -0.357. The molecular weight excluding hydrogens is 232 g/mol. The first-order valence-electron chi connectivity index (χ1n) is 6.05. The monoisotopic (exact) mass is 252 g/mol. The molecule has 2 amide bonds. The third kappa shape index (κ3) is 8.16. The maximum atomic E-state index is 11.5. The van der Waals surface area contributed by atoms with Gasteiger partial charge in [-0.15, -0.1) is 0 Å². The van der Waals surface area contributed by atoms with Crippen LogP contribution in [0, 0.1) is 11.3 Å². The predicted octanol–water partition coefficient (Wildman–Crippen LogP) is 0.0359. The Morgan fingerprint density at radius 2 is 1.94 bits per heavy atom. The average molecular weight is 252 g/mol. The zero-order valence-electron chi connectivity index (χ0n) is 10.7. The molecule has 18 heavy (non-hydrogen) atoms. The Bertz CT molecular complexity index is 321. The largest absolute Gasteiger partial charge is 0.390 e. The molecule has 100 valence electrons. The third-order valence-electron chi connectivity index (χ3n) is 2.15. The van der Waals surface area contributed by atoms with E-state index in [2.05, 4.69) is 16.0 Å². The zero-order chi connectivity index (χ0) is 13.6. The molecule has 0 saturated carbocycles. The fourth-order valence-corrected chi connectivity index (χ4v) is 1.15. The van der Waals surface area contributed by atoms with Gasteiger partial charge >= 0.3 is 0 Å². The maximum Gasteiger partial charge on any atom is 0.263 e. The van der Waals surface area contributed by atoms with E-state index in [9.17, 15) is 9.59 Å². The van der Waals surface area contributed by atoms with Crippen LogP contribution < -0.4 is 16.0 Å². The molecule has 0 aliphatic carbocycles. The number of unbranched alkanes of at least 4 members (excludes halogenated alkanes) is 1. The molecule has 0 radical (unpaired) electrons. The summed E-state index contributed by atoms with van der Waals surface area (Å²) in [6.07, 6.45) is 4.66. The van der Waals surface area contributed by atoms with Crippen LogP contribution in [-0.4, -0.2) is 32.0 Å². The molecule has 0 fully saturated rings. The van der Waals surface area contributed by atoms with E-state index >= 15 is 0 Å². The Kier molecular flexibility index (Phi) is 10.2. The fourth-order valence-electron chi connectivity index (χ4n) is 1.15. The van der Waals surface area contributed by atoms with Crippen LogP contribution in [0.4, 0.5) is 0 Å². The minimum atomic E-state index is -0.357. The molecule has 0 aromatic rings. The second-order valence-corrected chi connectivity index (χ2v) is 3.66. The number of nitriles is 1. The van der Waals surface area contributed by atoms with Gasteiger partial charge in [0.05, 0.1) is 0 Å². The Hall–Kier alpha value is -2.03. The molecule has 0 heterocycles. The molecule has 6 nitrogen and oxygen atoms in total. The van der Waals surface area contributed by atoms with Crippen molar-refractivity contribution in [1.82, 2.24) is 16.0 Å². The number of nitrogens with one attached hydrogen (secondary N) is 3. The average Bonchev–Trinajstić information content (AvgIpc) is 2.38. The van der Waals surface area contributed by atoms with Crippen LogP contribution in [0.15, 0.2) is 11.8 Å². The third-order valence-corrected chi connectivity index (χ3v) is 2.15. The van der Waals surface area contributed by atoms with E-state index in [0.717, 1.165) is 19.3 Å². The van der Waals surface area contributed by atoms with Gasteiger partial charge in [0.25, 0.3) is 5.91 Å². The fraction of sp³-hybridized carbons (Fsp3) is 0.583. The lowest BCUT2D eigenvalue weighted by molar-refractivity contribution is -0.117. The standard InChI is InChI=1S/C12H20N4O2/c1-2-3-7-16-12(18)11(8-13)9-14-5-4-6-15-10-17/h9-10,14H,2-7H2,1H3,(H,15,17)(H,16,18)/b11-9-. The van der Waals surface area contributed by atoms with Gasteiger partial charge in [-0.2, -0.15) is 5.26 Å². The quantitative estimate of drug-likeness (QED) is 0.221. The lowest BCUT2D eigenvalue weighted by Gasteiger charge is -2.04. The van der Waals surface area contributed by atoms with E-state index in [0.29, 0.717) is 26.0 Å². The molecule has 0 aliphatic heterocycles. The van der Waals surface area contributed by atoms with Gasteiger partial charge < -0.3 is 16.0 Å². The van der Waals surface area contributed by atoms with Gasteiger partial charge in [0.2, 0.25) is 6.41 Å². The van der Waals surface area contributed by atoms with Crippen molar-refractivity contribution >= 4 is 12.3 Å². The van der Waals surface area contributed by atoms with E-state index in [-0.39, 0.29) is 11.5 Å². The van der Waals surface area contributed by atoms with Crippen LogP contribution in [-0.2, 0) is 9.59 Å². The van der Waals surface area contributed by atoms with Gasteiger partial charge in [-0.1, -0.05) is 13.3 Å². The number of carbonyl (C=O) groups excluding carboxylic acids is 2. The van der Waals surface area contributed by atoms with Crippen molar-refractivity contribution in [3.8, 4) is 6.07 Å². The summed E-state index contributed by atoms with van der Waals surface area (Å²) < 4.78 is 0. The molecule has 3 N–H and O–H groups in total. The number of amides is 2. The molecule has 0 aromatic carbocycles. The molecule has 0 spiro atoms. The highest BCUT2D eigenvalue weighted by Crippen LogP contribution is 1.91. The molecule has 0 aliphatic rings. The van der Waals surface area contributed by atoms with Gasteiger partial charge in [0, 0.05) is 25.8 Å². The first kappa shape index (κ1) is 16.0. The normalized spacial score (nSPS) is 10.3. The van der Waals surface area contributed by atoms with Gasteiger partial charge in [-0.05, 0) is 12.8 Å². The number of rotatable bonds is 10. The van der Waals surface area contributed by atoms with Crippen molar-refractivity contribution in [2.24, 2.45) is 0 Å². The summed E-state index contributed by atoms with van der Waals surface area (Å²) in [5.41, 5.74) is 0.0643. The second kappa shape index (κ2) is 11.5. The predicted molar refractivity (Wildman–Crippen MR) is 68.3 cm³/mol. The second-order valence-electron chi connectivity index (χ2n) is 3.66. The van der Waals surface area contributed by atoms with Crippen molar-refractivity contribution in [3.05, 3.63) is 11.8 Å². The van der Waals surface area contributed by atoms with Crippen LogP contribution in [0.5, 0.6) is 0 Å². The molecule has 0 unspecified atom stereocenters. The number of hydrogen-bond donors (Lipinski definition) is 3. The first-order valence-corrected chi connectivity index (χ1v) is 6.05. The summed E-state index contributed by atoms with van der Waals surface area (Å²) in [5, 5.41) is 16.9.